The van der Waals surface area contributed by atoms with E-state index in [2.05, 4.69) is 0 Å². The van der Waals surface area contributed by atoms with Crippen LogP contribution in [0.15, 0.2) is 24.0 Å². The average Bonchev–Trinajstić information content (AvgIpc) is 2.76. The summed E-state index contributed by atoms with van der Waals surface area (Å²) >= 11 is 0. The molecule has 0 unspecified atom stereocenters. The Balaban J connectivity index is 2.73. The molecular formula is C17H19NO4. The molecule has 0 bridgehead atoms. The van der Waals surface area contributed by atoms with Gasteiger partial charge < -0.3 is 4.74 Å². The van der Waals surface area contributed by atoms with Crippen LogP contribution in [0.2, 0.25) is 0 Å². The van der Waals surface area contributed by atoms with Crippen molar-refractivity contribution in [2.75, 3.05) is 11.5 Å². The number of ether oxygens (including phenoxy) is 1. The number of carbonyl (C=O) groups is 3. The van der Waals surface area contributed by atoms with Crippen LogP contribution in [0.3, 0.4) is 0 Å². The van der Waals surface area contributed by atoms with Gasteiger partial charge in [-0.15, -0.1) is 0 Å². The fourth-order valence-electron chi connectivity index (χ4n) is 2.59. The highest BCUT2D eigenvalue weighted by atomic mass is 16.5. The fourth-order valence-corrected chi connectivity index (χ4v) is 2.59. The molecule has 1 aromatic rings. The zero-order valence-corrected chi connectivity index (χ0v) is 13.2. The summed E-state index contributed by atoms with van der Waals surface area (Å²) in [6.45, 7) is 6.97. The number of ketones is 1. The summed E-state index contributed by atoms with van der Waals surface area (Å²) in [4.78, 5) is 37.2. The molecule has 22 heavy (non-hydrogen) atoms. The van der Waals surface area contributed by atoms with Crippen LogP contribution in [0.1, 0.15) is 50.0 Å². The second-order valence-electron chi connectivity index (χ2n) is 5.03. The number of carbonyl (C=O) groups excluding carboxylic acids is 3. The van der Waals surface area contributed by atoms with Crippen LogP contribution in [0.25, 0.3) is 5.57 Å². The topological polar surface area (TPSA) is 63.7 Å². The van der Waals surface area contributed by atoms with E-state index in [0.717, 1.165) is 4.90 Å². The molecule has 0 N–H and O–H groups in total. The normalized spacial score (nSPS) is 15.6. The highest BCUT2D eigenvalue weighted by molar-refractivity contribution is 6.40. The van der Waals surface area contributed by atoms with Crippen LogP contribution in [-0.2, 0) is 14.3 Å². The molecule has 0 aromatic heterocycles. The Morgan fingerprint density at radius 1 is 1.18 bits per heavy atom. The predicted molar refractivity (Wildman–Crippen MR) is 83.5 cm³/mol. The lowest BCUT2D eigenvalue weighted by Gasteiger charge is -2.12. The number of allylic oxidation sites excluding steroid dienone is 1. The van der Waals surface area contributed by atoms with E-state index in [1.807, 2.05) is 13.8 Å². The van der Waals surface area contributed by atoms with Crippen molar-refractivity contribution in [1.29, 1.82) is 0 Å². The predicted octanol–water partition coefficient (Wildman–Crippen LogP) is 2.94. The number of rotatable bonds is 4. The Hall–Kier alpha value is -2.43. The number of imide groups is 1. The van der Waals surface area contributed by atoms with Crippen LogP contribution < -0.4 is 4.90 Å². The van der Waals surface area contributed by atoms with Crippen LogP contribution in [0, 0.1) is 0 Å². The first kappa shape index (κ1) is 15.9. The van der Waals surface area contributed by atoms with E-state index in [4.69, 9.17) is 4.74 Å². The number of fused-ring (bicyclic) bond motifs is 1. The van der Waals surface area contributed by atoms with Gasteiger partial charge in [0, 0.05) is 24.5 Å². The molecule has 0 fully saturated rings. The number of amides is 2. The van der Waals surface area contributed by atoms with Gasteiger partial charge in [-0.2, -0.15) is 0 Å². The zero-order valence-electron chi connectivity index (χ0n) is 13.2. The van der Waals surface area contributed by atoms with E-state index < -0.39 is 5.91 Å². The number of benzene rings is 1. The molecule has 1 heterocycles. The smallest absolute Gasteiger partial charge is 0.269 e. The maximum atomic E-state index is 12.6. The third kappa shape index (κ3) is 2.54. The third-order valence-corrected chi connectivity index (χ3v) is 3.56. The summed E-state index contributed by atoms with van der Waals surface area (Å²) in [6, 6.07) is 4.92. The van der Waals surface area contributed by atoms with Gasteiger partial charge in [0.15, 0.2) is 5.78 Å². The lowest BCUT2D eigenvalue weighted by atomic mass is 10.0. The van der Waals surface area contributed by atoms with Gasteiger partial charge in [-0.1, -0.05) is 6.92 Å². The number of nitrogens with zero attached hydrogens (tertiary/aromatic N) is 1. The molecule has 116 valence electrons. The summed E-state index contributed by atoms with van der Waals surface area (Å²) < 4.78 is 5.57. The SMILES string of the molecule is CCO/C(CC)=C1\C(=O)N(C(C)=O)c2ccc(C(C)=O)cc21. The van der Waals surface area contributed by atoms with Crippen molar-refractivity contribution in [1.82, 2.24) is 0 Å². The number of Topliss-reactive ketones (excluding diaryl/α,β-unsaturated/α-hetero) is 1. The van der Waals surface area contributed by atoms with Crippen molar-refractivity contribution in [2.24, 2.45) is 0 Å². The van der Waals surface area contributed by atoms with E-state index in [-0.39, 0.29) is 11.7 Å². The summed E-state index contributed by atoms with van der Waals surface area (Å²) in [7, 11) is 0. The van der Waals surface area contributed by atoms with E-state index in [0.29, 0.717) is 41.2 Å². The number of hydrogen-bond donors (Lipinski definition) is 0. The van der Waals surface area contributed by atoms with E-state index in [9.17, 15) is 14.4 Å². The minimum Gasteiger partial charge on any atom is -0.497 e. The summed E-state index contributed by atoms with van der Waals surface area (Å²) in [6.07, 6.45) is 0.532. The average molecular weight is 301 g/mol. The fraction of sp³-hybridized carbons (Fsp3) is 0.353. The Morgan fingerprint density at radius 2 is 1.86 bits per heavy atom. The molecule has 2 rings (SSSR count). The minimum atomic E-state index is -0.395. The van der Waals surface area contributed by atoms with Gasteiger partial charge in [0.05, 0.1) is 17.9 Å². The lowest BCUT2D eigenvalue weighted by molar-refractivity contribution is -0.122. The molecule has 1 aliphatic rings. The quantitative estimate of drug-likeness (QED) is 0.487. The summed E-state index contributed by atoms with van der Waals surface area (Å²) in [5, 5.41) is 0. The number of hydrogen-bond acceptors (Lipinski definition) is 4. The summed E-state index contributed by atoms with van der Waals surface area (Å²) in [5.74, 6) is -0.305. The van der Waals surface area contributed by atoms with Crippen molar-refractivity contribution < 1.29 is 19.1 Å². The Kier molecular flexibility index (Phi) is 4.45. The standard InChI is InChI=1S/C17H19NO4/c1-5-15(22-6-2)16-13-9-12(10(3)19)7-8-14(13)18(11(4)20)17(16)21/h7-9H,5-6H2,1-4H3/b16-15-. The van der Waals surface area contributed by atoms with E-state index in [1.165, 1.54) is 13.8 Å². The van der Waals surface area contributed by atoms with E-state index in [1.54, 1.807) is 18.2 Å². The maximum Gasteiger partial charge on any atom is 0.269 e. The summed E-state index contributed by atoms with van der Waals surface area (Å²) in [5.41, 5.74) is 1.96. The van der Waals surface area contributed by atoms with Gasteiger partial charge in [0.2, 0.25) is 5.91 Å². The van der Waals surface area contributed by atoms with Crippen LogP contribution in [-0.4, -0.2) is 24.2 Å². The van der Waals surface area contributed by atoms with Gasteiger partial charge >= 0.3 is 0 Å². The van der Waals surface area contributed by atoms with E-state index >= 15 is 0 Å². The van der Waals surface area contributed by atoms with Gasteiger partial charge in [-0.05, 0) is 32.0 Å². The molecule has 1 aliphatic heterocycles. The number of anilines is 1. The van der Waals surface area contributed by atoms with Gasteiger partial charge in [0.25, 0.3) is 5.91 Å². The highest BCUT2D eigenvalue weighted by Crippen LogP contribution is 2.40. The van der Waals surface area contributed by atoms with Crippen molar-refractivity contribution in [2.45, 2.75) is 34.1 Å². The monoisotopic (exact) mass is 301 g/mol. The molecule has 0 atom stereocenters. The third-order valence-electron chi connectivity index (χ3n) is 3.56. The first-order chi connectivity index (χ1) is 10.4. The minimum absolute atomic E-state index is 0.0923. The molecule has 5 nitrogen and oxygen atoms in total. The van der Waals surface area contributed by atoms with Gasteiger partial charge in [-0.25, -0.2) is 4.90 Å². The van der Waals surface area contributed by atoms with Crippen molar-refractivity contribution in [3.8, 4) is 0 Å². The zero-order chi connectivity index (χ0) is 16.4. The largest absolute Gasteiger partial charge is 0.497 e. The molecule has 0 radical (unpaired) electrons. The van der Waals surface area contributed by atoms with Crippen LogP contribution in [0.4, 0.5) is 5.69 Å². The van der Waals surface area contributed by atoms with Crippen molar-refractivity contribution in [3.05, 3.63) is 35.1 Å². The van der Waals surface area contributed by atoms with Crippen molar-refractivity contribution >= 4 is 28.9 Å². The molecule has 0 saturated heterocycles. The molecule has 2 amide bonds. The molecule has 0 spiro atoms. The van der Waals surface area contributed by atoms with Crippen molar-refractivity contribution in [3.63, 3.8) is 0 Å². The second-order valence-corrected chi connectivity index (χ2v) is 5.03. The highest BCUT2D eigenvalue weighted by Gasteiger charge is 2.37. The van der Waals surface area contributed by atoms with Gasteiger partial charge in [0.1, 0.15) is 5.76 Å². The van der Waals surface area contributed by atoms with Crippen LogP contribution in [0.5, 0.6) is 0 Å². The Bertz CT molecular complexity index is 688. The first-order valence-corrected chi connectivity index (χ1v) is 7.28. The molecule has 0 saturated carbocycles. The molecule has 5 heteroatoms. The molecule has 1 aromatic carbocycles. The molecular weight excluding hydrogens is 282 g/mol. The Morgan fingerprint density at radius 3 is 2.36 bits per heavy atom. The van der Waals surface area contributed by atoms with Crippen LogP contribution >= 0.6 is 0 Å². The second kappa shape index (κ2) is 6.13. The Labute approximate surface area is 129 Å². The maximum absolute atomic E-state index is 12.6. The lowest BCUT2D eigenvalue weighted by Crippen LogP contribution is -2.31. The molecule has 0 aliphatic carbocycles. The first-order valence-electron chi connectivity index (χ1n) is 7.28. The van der Waals surface area contributed by atoms with Gasteiger partial charge in [-0.3, -0.25) is 14.4 Å².